The summed E-state index contributed by atoms with van der Waals surface area (Å²) in [5, 5.41) is 17.9. The summed E-state index contributed by atoms with van der Waals surface area (Å²) in [6.45, 7) is 3.56. The molecule has 0 amide bonds. The van der Waals surface area contributed by atoms with E-state index in [9.17, 15) is 4.79 Å². The smallest absolute Gasteiger partial charge is 0.347 e. The average Bonchev–Trinajstić information content (AvgIpc) is 2.70. The lowest BCUT2D eigenvalue weighted by Gasteiger charge is -2.01. The van der Waals surface area contributed by atoms with E-state index in [1.807, 2.05) is 19.1 Å². The van der Waals surface area contributed by atoms with Gasteiger partial charge in [-0.15, -0.1) is 11.3 Å². The predicted octanol–water partition coefficient (Wildman–Crippen LogP) is 3.48. The van der Waals surface area contributed by atoms with Gasteiger partial charge in [-0.2, -0.15) is 5.26 Å². The van der Waals surface area contributed by atoms with Crippen molar-refractivity contribution in [3.8, 4) is 6.07 Å². The normalized spacial score (nSPS) is 10.2. The summed E-state index contributed by atoms with van der Waals surface area (Å²) in [6, 6.07) is 7.62. The predicted molar refractivity (Wildman–Crippen MR) is 73.8 cm³/mol. The molecule has 2 aromatic rings. The largest absolute Gasteiger partial charge is 0.477 e. The van der Waals surface area contributed by atoms with E-state index in [-0.39, 0.29) is 4.88 Å². The van der Waals surface area contributed by atoms with E-state index in [4.69, 9.17) is 10.4 Å². The zero-order valence-corrected chi connectivity index (χ0v) is 11.9. The molecule has 2 rings (SSSR count). The number of rotatable bonds is 3. The fourth-order valence-electron chi connectivity index (χ4n) is 1.54. The van der Waals surface area contributed by atoms with Crippen molar-refractivity contribution in [3.05, 3.63) is 39.9 Å². The maximum atomic E-state index is 11.0. The molecule has 1 aromatic heterocycles. The zero-order valence-electron chi connectivity index (χ0n) is 10.3. The lowest BCUT2D eigenvalue weighted by Crippen LogP contribution is -1.94. The lowest BCUT2D eigenvalue weighted by molar-refractivity contribution is 0.0701. The van der Waals surface area contributed by atoms with E-state index in [0.29, 0.717) is 15.6 Å². The Labute approximate surface area is 118 Å². The third-order valence-electron chi connectivity index (χ3n) is 2.49. The maximum Gasteiger partial charge on any atom is 0.347 e. The van der Waals surface area contributed by atoms with Gasteiger partial charge in [0.1, 0.15) is 4.88 Å². The van der Waals surface area contributed by atoms with E-state index in [1.54, 1.807) is 13.0 Å². The number of hydrogen-bond acceptors (Lipinski definition) is 5. The highest BCUT2D eigenvalue weighted by Crippen LogP contribution is 2.33. The van der Waals surface area contributed by atoms with E-state index in [1.165, 1.54) is 23.1 Å². The Kier molecular flexibility index (Phi) is 3.88. The molecular formula is C13H10N2O2S2. The second-order valence-corrected chi connectivity index (χ2v) is 6.21. The van der Waals surface area contributed by atoms with Crippen LogP contribution in [0.4, 0.5) is 0 Å². The van der Waals surface area contributed by atoms with Crippen LogP contribution in [0.15, 0.2) is 27.4 Å². The Morgan fingerprint density at radius 3 is 2.74 bits per heavy atom. The van der Waals surface area contributed by atoms with Gasteiger partial charge in [-0.25, -0.2) is 9.78 Å². The van der Waals surface area contributed by atoms with Crippen molar-refractivity contribution in [3.63, 3.8) is 0 Å². The number of thiazole rings is 1. The van der Waals surface area contributed by atoms with E-state index < -0.39 is 5.97 Å². The van der Waals surface area contributed by atoms with Crippen LogP contribution in [0.3, 0.4) is 0 Å². The van der Waals surface area contributed by atoms with Crippen molar-refractivity contribution in [1.82, 2.24) is 4.98 Å². The minimum Gasteiger partial charge on any atom is -0.477 e. The molecule has 0 aliphatic heterocycles. The molecule has 1 heterocycles. The summed E-state index contributed by atoms with van der Waals surface area (Å²) in [5.74, 6) is -0.946. The highest BCUT2D eigenvalue weighted by Gasteiger charge is 2.14. The molecule has 1 N–H and O–H groups in total. The summed E-state index contributed by atoms with van der Waals surface area (Å²) in [7, 11) is 0. The number of carbonyl (C=O) groups is 1. The molecule has 1 aromatic carbocycles. The number of nitriles is 1. The minimum atomic E-state index is -0.946. The van der Waals surface area contributed by atoms with Crippen molar-refractivity contribution in [1.29, 1.82) is 5.26 Å². The lowest BCUT2D eigenvalue weighted by atomic mass is 10.1. The highest BCUT2D eigenvalue weighted by molar-refractivity contribution is 8.01. The molecule has 0 fully saturated rings. The molecular weight excluding hydrogens is 280 g/mol. The first-order valence-corrected chi connectivity index (χ1v) is 7.04. The van der Waals surface area contributed by atoms with Gasteiger partial charge in [-0.3, -0.25) is 0 Å². The Balaban J connectivity index is 2.27. The summed E-state index contributed by atoms with van der Waals surface area (Å²) in [4.78, 5) is 16.4. The molecule has 4 nitrogen and oxygen atoms in total. The van der Waals surface area contributed by atoms with Gasteiger partial charge in [0, 0.05) is 4.90 Å². The molecule has 0 saturated carbocycles. The fraction of sp³-hybridized carbons (Fsp3) is 0.154. The van der Waals surface area contributed by atoms with Crippen LogP contribution in [0.1, 0.15) is 26.5 Å². The standard InChI is InChI=1S/C13H10N2O2S2/c1-7-5-10(4-3-9(7)6-14)18-13-15-8(2)11(19-13)12(16)17/h3-5H,1-2H3,(H,16,17). The Morgan fingerprint density at radius 2 is 2.21 bits per heavy atom. The fourth-order valence-corrected chi connectivity index (χ4v) is 3.64. The van der Waals surface area contributed by atoms with Gasteiger partial charge < -0.3 is 5.11 Å². The van der Waals surface area contributed by atoms with Gasteiger partial charge in [-0.1, -0.05) is 11.8 Å². The van der Waals surface area contributed by atoms with E-state index >= 15 is 0 Å². The highest BCUT2D eigenvalue weighted by atomic mass is 32.2. The Morgan fingerprint density at radius 1 is 1.47 bits per heavy atom. The van der Waals surface area contributed by atoms with Crippen LogP contribution in [0.25, 0.3) is 0 Å². The SMILES string of the molecule is Cc1cc(Sc2nc(C)c(C(=O)O)s2)ccc1C#N. The van der Waals surface area contributed by atoms with Crippen LogP contribution >= 0.6 is 23.1 Å². The van der Waals surface area contributed by atoms with Gasteiger partial charge in [-0.05, 0) is 37.6 Å². The number of aromatic carboxylic acids is 1. The summed E-state index contributed by atoms with van der Waals surface area (Å²) in [6.07, 6.45) is 0. The molecule has 6 heteroatoms. The van der Waals surface area contributed by atoms with Crippen LogP contribution in [0.5, 0.6) is 0 Å². The van der Waals surface area contributed by atoms with Crippen molar-refractivity contribution in [2.24, 2.45) is 0 Å². The number of aromatic nitrogens is 1. The topological polar surface area (TPSA) is 74.0 Å². The van der Waals surface area contributed by atoms with Crippen molar-refractivity contribution >= 4 is 29.1 Å². The number of carboxylic acids is 1. The van der Waals surface area contributed by atoms with Crippen LogP contribution < -0.4 is 0 Å². The molecule has 0 aliphatic rings. The maximum absolute atomic E-state index is 11.0. The number of nitrogens with zero attached hydrogens (tertiary/aromatic N) is 2. The number of benzene rings is 1. The van der Waals surface area contributed by atoms with Crippen LogP contribution in [-0.2, 0) is 0 Å². The molecule has 0 radical (unpaired) electrons. The van der Waals surface area contributed by atoms with Gasteiger partial charge in [0.05, 0.1) is 17.3 Å². The molecule has 0 saturated heterocycles. The van der Waals surface area contributed by atoms with Gasteiger partial charge in [0.25, 0.3) is 0 Å². The minimum absolute atomic E-state index is 0.271. The second kappa shape index (κ2) is 5.43. The zero-order chi connectivity index (χ0) is 14.0. The first kappa shape index (κ1) is 13.6. The van der Waals surface area contributed by atoms with Crippen LogP contribution in [0, 0.1) is 25.2 Å². The van der Waals surface area contributed by atoms with Gasteiger partial charge in [0.15, 0.2) is 4.34 Å². The Hall–Kier alpha value is -1.84. The first-order valence-electron chi connectivity index (χ1n) is 5.40. The molecule has 0 atom stereocenters. The number of hydrogen-bond donors (Lipinski definition) is 1. The molecule has 96 valence electrons. The molecule has 0 aliphatic carbocycles. The van der Waals surface area contributed by atoms with E-state index in [0.717, 1.165) is 10.5 Å². The van der Waals surface area contributed by atoms with Crippen LogP contribution in [-0.4, -0.2) is 16.1 Å². The van der Waals surface area contributed by atoms with E-state index in [2.05, 4.69) is 11.1 Å². The molecule has 19 heavy (non-hydrogen) atoms. The van der Waals surface area contributed by atoms with Crippen molar-refractivity contribution in [2.45, 2.75) is 23.1 Å². The first-order chi connectivity index (χ1) is 9.01. The Bertz CT molecular complexity index is 686. The average molecular weight is 290 g/mol. The van der Waals surface area contributed by atoms with Crippen molar-refractivity contribution < 1.29 is 9.90 Å². The monoisotopic (exact) mass is 290 g/mol. The third kappa shape index (κ3) is 2.95. The quantitative estimate of drug-likeness (QED) is 0.936. The third-order valence-corrected chi connectivity index (χ3v) is 4.69. The second-order valence-electron chi connectivity index (χ2n) is 3.89. The molecule has 0 bridgehead atoms. The van der Waals surface area contributed by atoms with Gasteiger partial charge in [0.2, 0.25) is 0 Å². The summed E-state index contributed by atoms with van der Waals surface area (Å²) >= 11 is 2.57. The van der Waals surface area contributed by atoms with Gasteiger partial charge >= 0.3 is 5.97 Å². The number of aryl methyl sites for hydroxylation is 2. The summed E-state index contributed by atoms with van der Waals surface area (Å²) in [5.41, 5.74) is 2.08. The van der Waals surface area contributed by atoms with Crippen LogP contribution in [0.2, 0.25) is 0 Å². The van der Waals surface area contributed by atoms with Crippen molar-refractivity contribution in [2.75, 3.05) is 0 Å². The number of carboxylic acid groups (broad SMARTS) is 1. The molecule has 0 spiro atoms. The molecule has 0 unspecified atom stereocenters. The summed E-state index contributed by atoms with van der Waals surface area (Å²) < 4.78 is 0.694.